The minimum atomic E-state index is 0.638. The van der Waals surface area contributed by atoms with Crippen molar-refractivity contribution >= 4 is 11.5 Å². The Morgan fingerprint density at radius 1 is 0.867 bits per heavy atom. The van der Waals surface area contributed by atoms with Crippen molar-refractivity contribution in [3.63, 3.8) is 0 Å². The van der Waals surface area contributed by atoms with E-state index >= 15 is 0 Å². The van der Waals surface area contributed by atoms with Gasteiger partial charge in [-0.3, -0.25) is 0 Å². The number of pyridine rings is 1. The van der Waals surface area contributed by atoms with Crippen LogP contribution in [0, 0.1) is 6.92 Å². The Bertz CT molecular complexity index is 463. The average molecular weight is 197 g/mol. The third-order valence-electron chi connectivity index (χ3n) is 1.90. The van der Waals surface area contributed by atoms with Crippen molar-refractivity contribution in [2.45, 2.75) is 6.92 Å². The van der Waals surface area contributed by atoms with E-state index < -0.39 is 0 Å². The summed E-state index contributed by atoms with van der Waals surface area (Å²) in [7, 11) is 0. The molecule has 0 aliphatic heterocycles. The van der Waals surface area contributed by atoms with Gasteiger partial charge in [0.1, 0.15) is 0 Å². The summed E-state index contributed by atoms with van der Waals surface area (Å²) in [5, 5.41) is 8.13. The van der Waals surface area contributed by atoms with Gasteiger partial charge in [0.25, 0.3) is 0 Å². The summed E-state index contributed by atoms with van der Waals surface area (Å²) in [5.74, 6) is 0.638. The van der Waals surface area contributed by atoms with Crippen molar-refractivity contribution in [1.82, 2.24) is 4.98 Å². The summed E-state index contributed by atoms with van der Waals surface area (Å²) in [6, 6.07) is 15.3. The highest BCUT2D eigenvalue weighted by molar-refractivity contribution is 5.36. The SMILES string of the molecule is Cc1cccc(N=Nc2ccccc2)n1. The summed E-state index contributed by atoms with van der Waals surface area (Å²) in [6.45, 7) is 1.93. The van der Waals surface area contributed by atoms with Crippen LogP contribution in [0.3, 0.4) is 0 Å². The summed E-state index contributed by atoms with van der Waals surface area (Å²) in [6.07, 6.45) is 0. The highest BCUT2D eigenvalue weighted by Gasteiger charge is 1.91. The van der Waals surface area contributed by atoms with Crippen molar-refractivity contribution < 1.29 is 0 Å². The summed E-state index contributed by atoms with van der Waals surface area (Å²) in [5.41, 5.74) is 1.78. The lowest BCUT2D eigenvalue weighted by Gasteiger charge is -1.93. The van der Waals surface area contributed by atoms with E-state index in [9.17, 15) is 0 Å². The number of rotatable bonds is 2. The van der Waals surface area contributed by atoms with Crippen LogP contribution in [0.2, 0.25) is 0 Å². The van der Waals surface area contributed by atoms with Gasteiger partial charge < -0.3 is 0 Å². The molecule has 0 N–H and O–H groups in total. The molecule has 0 fully saturated rings. The van der Waals surface area contributed by atoms with Crippen LogP contribution in [-0.4, -0.2) is 4.98 Å². The van der Waals surface area contributed by atoms with Gasteiger partial charge in [0.2, 0.25) is 0 Å². The fourth-order valence-electron chi connectivity index (χ4n) is 1.19. The molecule has 15 heavy (non-hydrogen) atoms. The van der Waals surface area contributed by atoms with Gasteiger partial charge in [0, 0.05) is 5.69 Å². The smallest absolute Gasteiger partial charge is 0.174 e. The molecule has 0 saturated carbocycles. The lowest BCUT2D eigenvalue weighted by molar-refractivity contribution is 1.11. The Labute approximate surface area is 88.5 Å². The van der Waals surface area contributed by atoms with Crippen molar-refractivity contribution in [3.05, 3.63) is 54.2 Å². The average Bonchev–Trinajstić information content (AvgIpc) is 2.28. The van der Waals surface area contributed by atoms with E-state index in [1.807, 2.05) is 55.5 Å². The van der Waals surface area contributed by atoms with Gasteiger partial charge in [-0.05, 0) is 31.2 Å². The number of aromatic nitrogens is 1. The molecule has 3 nitrogen and oxygen atoms in total. The van der Waals surface area contributed by atoms with Gasteiger partial charge in [0.15, 0.2) is 5.82 Å². The molecular formula is C12H11N3. The number of azo groups is 1. The zero-order valence-corrected chi connectivity index (χ0v) is 8.46. The Balaban J connectivity index is 2.19. The normalized spacial score (nSPS) is 10.7. The second-order valence-electron chi connectivity index (χ2n) is 3.17. The zero-order chi connectivity index (χ0) is 10.5. The van der Waals surface area contributed by atoms with Crippen molar-refractivity contribution in [2.24, 2.45) is 10.2 Å². The lowest BCUT2D eigenvalue weighted by atomic mass is 10.3. The van der Waals surface area contributed by atoms with Crippen molar-refractivity contribution in [2.75, 3.05) is 0 Å². The molecular weight excluding hydrogens is 186 g/mol. The molecule has 0 radical (unpaired) electrons. The molecule has 0 aliphatic carbocycles. The Morgan fingerprint density at radius 2 is 1.67 bits per heavy atom. The summed E-state index contributed by atoms with van der Waals surface area (Å²) >= 11 is 0. The lowest BCUT2D eigenvalue weighted by Crippen LogP contribution is -1.77. The van der Waals surface area contributed by atoms with Gasteiger partial charge in [-0.2, -0.15) is 0 Å². The van der Waals surface area contributed by atoms with Crippen molar-refractivity contribution in [1.29, 1.82) is 0 Å². The Kier molecular flexibility index (Phi) is 2.83. The molecule has 0 spiro atoms. The number of hydrogen-bond acceptors (Lipinski definition) is 3. The van der Waals surface area contributed by atoms with E-state index in [1.165, 1.54) is 0 Å². The first-order valence-electron chi connectivity index (χ1n) is 4.75. The molecule has 0 amide bonds. The van der Waals surface area contributed by atoms with E-state index in [-0.39, 0.29) is 0 Å². The topological polar surface area (TPSA) is 37.6 Å². The monoisotopic (exact) mass is 197 g/mol. The number of nitrogens with zero attached hydrogens (tertiary/aromatic N) is 3. The third-order valence-corrected chi connectivity index (χ3v) is 1.90. The van der Waals surface area contributed by atoms with Crippen LogP contribution < -0.4 is 0 Å². The highest BCUT2D eigenvalue weighted by atomic mass is 15.1. The number of hydrogen-bond donors (Lipinski definition) is 0. The highest BCUT2D eigenvalue weighted by Crippen LogP contribution is 2.15. The van der Waals surface area contributed by atoms with E-state index in [0.29, 0.717) is 5.82 Å². The Hall–Kier alpha value is -2.03. The minimum absolute atomic E-state index is 0.638. The predicted octanol–water partition coefficient (Wildman–Crippen LogP) is 3.81. The van der Waals surface area contributed by atoms with Crippen LogP contribution in [-0.2, 0) is 0 Å². The van der Waals surface area contributed by atoms with E-state index in [1.54, 1.807) is 0 Å². The minimum Gasteiger partial charge on any atom is -0.232 e. The quantitative estimate of drug-likeness (QED) is 0.674. The maximum absolute atomic E-state index is 4.23. The van der Waals surface area contributed by atoms with Crippen LogP contribution in [0.15, 0.2) is 58.8 Å². The number of aryl methyl sites for hydroxylation is 1. The fourth-order valence-corrected chi connectivity index (χ4v) is 1.19. The summed E-state index contributed by atoms with van der Waals surface area (Å²) < 4.78 is 0. The molecule has 0 unspecified atom stereocenters. The second kappa shape index (κ2) is 4.46. The molecule has 1 aromatic heterocycles. The van der Waals surface area contributed by atoms with Gasteiger partial charge >= 0.3 is 0 Å². The van der Waals surface area contributed by atoms with Gasteiger partial charge in [-0.15, -0.1) is 10.2 Å². The van der Waals surface area contributed by atoms with E-state index in [0.717, 1.165) is 11.4 Å². The first-order chi connectivity index (χ1) is 7.34. The van der Waals surface area contributed by atoms with Crippen LogP contribution in [0.4, 0.5) is 11.5 Å². The predicted molar refractivity (Wildman–Crippen MR) is 59.6 cm³/mol. The zero-order valence-electron chi connectivity index (χ0n) is 8.46. The molecule has 1 aromatic carbocycles. The maximum Gasteiger partial charge on any atom is 0.174 e. The number of benzene rings is 1. The second-order valence-corrected chi connectivity index (χ2v) is 3.17. The van der Waals surface area contributed by atoms with Crippen LogP contribution in [0.25, 0.3) is 0 Å². The van der Waals surface area contributed by atoms with Crippen LogP contribution >= 0.6 is 0 Å². The molecule has 2 aromatic rings. The third kappa shape index (κ3) is 2.71. The van der Waals surface area contributed by atoms with E-state index in [4.69, 9.17) is 0 Å². The molecule has 3 heteroatoms. The summed E-state index contributed by atoms with van der Waals surface area (Å²) in [4.78, 5) is 4.23. The largest absolute Gasteiger partial charge is 0.232 e. The molecule has 0 aliphatic rings. The van der Waals surface area contributed by atoms with Crippen LogP contribution in [0.5, 0.6) is 0 Å². The van der Waals surface area contributed by atoms with E-state index in [2.05, 4.69) is 15.2 Å². The fraction of sp³-hybridized carbons (Fsp3) is 0.0833. The van der Waals surface area contributed by atoms with Gasteiger partial charge in [-0.25, -0.2) is 4.98 Å². The van der Waals surface area contributed by atoms with Crippen LogP contribution in [0.1, 0.15) is 5.69 Å². The first kappa shape index (κ1) is 9.52. The van der Waals surface area contributed by atoms with Gasteiger partial charge in [-0.1, -0.05) is 24.3 Å². The molecule has 0 bridgehead atoms. The molecule has 2 rings (SSSR count). The standard InChI is InChI=1S/C12H11N3/c1-10-6-5-9-12(13-10)15-14-11-7-3-2-4-8-11/h2-9H,1H3. The Morgan fingerprint density at radius 3 is 2.40 bits per heavy atom. The van der Waals surface area contributed by atoms with Gasteiger partial charge in [0.05, 0.1) is 5.69 Å². The maximum atomic E-state index is 4.23. The molecule has 0 saturated heterocycles. The molecule has 1 heterocycles. The first-order valence-corrected chi connectivity index (χ1v) is 4.75. The van der Waals surface area contributed by atoms with Crippen molar-refractivity contribution in [3.8, 4) is 0 Å². The molecule has 0 atom stereocenters. The molecule has 74 valence electrons.